The Hall–Kier alpha value is -3.02. The van der Waals surface area contributed by atoms with Crippen LogP contribution in [0.15, 0.2) is 42.7 Å². The number of aromatic amines is 1. The molecule has 30 heavy (non-hydrogen) atoms. The Bertz CT molecular complexity index is 1190. The molecule has 0 aliphatic carbocycles. The second-order valence-electron chi connectivity index (χ2n) is 10.0. The predicted octanol–water partition coefficient (Wildman–Crippen LogP) is 5.97. The molecule has 1 aromatic carbocycles. The van der Waals surface area contributed by atoms with Crippen LogP contribution in [0.5, 0.6) is 0 Å². The largest absolute Gasteiger partial charge is 0.340 e. The first-order chi connectivity index (χ1) is 14.0. The third-order valence-electron chi connectivity index (χ3n) is 4.90. The summed E-state index contributed by atoms with van der Waals surface area (Å²) in [6.45, 7) is 13.7. The number of pyridine rings is 1. The maximum Gasteiger partial charge on any atom is 0.160 e. The molecule has 0 saturated heterocycles. The summed E-state index contributed by atoms with van der Waals surface area (Å²) >= 11 is 0. The average Bonchev–Trinajstić information content (AvgIpc) is 3.25. The van der Waals surface area contributed by atoms with E-state index in [0.717, 1.165) is 46.2 Å². The van der Waals surface area contributed by atoms with Crippen molar-refractivity contribution in [3.63, 3.8) is 0 Å². The Morgan fingerprint density at radius 2 is 1.63 bits per heavy atom. The van der Waals surface area contributed by atoms with Crippen LogP contribution < -0.4 is 0 Å². The Morgan fingerprint density at radius 3 is 2.27 bits per heavy atom. The number of rotatable bonds is 3. The fourth-order valence-electron chi connectivity index (χ4n) is 3.44. The van der Waals surface area contributed by atoms with Crippen molar-refractivity contribution in [1.29, 1.82) is 0 Å². The van der Waals surface area contributed by atoms with E-state index in [0.29, 0.717) is 0 Å². The maximum atomic E-state index is 13.5. The Balaban J connectivity index is 1.88. The van der Waals surface area contributed by atoms with Gasteiger partial charge in [-0.1, -0.05) is 41.5 Å². The molecule has 0 amide bonds. The second-order valence-corrected chi connectivity index (χ2v) is 10.0. The van der Waals surface area contributed by atoms with Crippen LogP contribution in [0.25, 0.3) is 33.8 Å². The molecule has 0 atom stereocenters. The number of hydrogen-bond donors (Lipinski definition) is 1. The predicted molar refractivity (Wildman–Crippen MR) is 119 cm³/mol. The molecule has 6 heteroatoms. The van der Waals surface area contributed by atoms with Crippen molar-refractivity contribution in [3.8, 4) is 22.6 Å². The van der Waals surface area contributed by atoms with Crippen LogP contribution in [0.4, 0.5) is 4.39 Å². The standard InChI is InChI=1S/C24H28FN5/c1-23(2,3)13-30-14-26-18-12-11-17(27-21(18)30)20-19(15-7-9-16(25)10-8-15)28-22(29-20)24(4,5)6/h7-12,14H,13H2,1-6H3,(H,28,29). The number of hydrogen-bond acceptors (Lipinski definition) is 3. The van der Waals surface area contributed by atoms with E-state index in [-0.39, 0.29) is 16.6 Å². The lowest BCUT2D eigenvalue weighted by atomic mass is 9.96. The van der Waals surface area contributed by atoms with Gasteiger partial charge in [-0.3, -0.25) is 0 Å². The second kappa shape index (κ2) is 7.04. The van der Waals surface area contributed by atoms with Crippen LogP contribution in [-0.4, -0.2) is 24.5 Å². The van der Waals surface area contributed by atoms with Gasteiger partial charge in [0.25, 0.3) is 0 Å². The molecule has 156 valence electrons. The molecule has 3 heterocycles. The first kappa shape index (κ1) is 20.3. The molecule has 0 unspecified atom stereocenters. The van der Waals surface area contributed by atoms with Gasteiger partial charge in [0.15, 0.2) is 5.65 Å². The van der Waals surface area contributed by atoms with E-state index in [2.05, 4.69) is 56.1 Å². The first-order valence-corrected chi connectivity index (χ1v) is 10.2. The molecule has 5 nitrogen and oxygen atoms in total. The van der Waals surface area contributed by atoms with Gasteiger partial charge in [-0.15, -0.1) is 0 Å². The fourth-order valence-corrected chi connectivity index (χ4v) is 3.44. The Morgan fingerprint density at radius 1 is 0.933 bits per heavy atom. The van der Waals surface area contributed by atoms with Gasteiger partial charge in [-0.05, 0) is 41.8 Å². The topological polar surface area (TPSA) is 59.4 Å². The van der Waals surface area contributed by atoms with Gasteiger partial charge >= 0.3 is 0 Å². The Labute approximate surface area is 176 Å². The third-order valence-corrected chi connectivity index (χ3v) is 4.90. The van der Waals surface area contributed by atoms with Gasteiger partial charge in [-0.2, -0.15) is 0 Å². The van der Waals surface area contributed by atoms with Crippen LogP contribution in [0, 0.1) is 11.2 Å². The summed E-state index contributed by atoms with van der Waals surface area (Å²) in [5.74, 6) is 0.597. The quantitative estimate of drug-likeness (QED) is 0.457. The highest BCUT2D eigenvalue weighted by Gasteiger charge is 2.24. The molecule has 4 aromatic rings. The molecule has 3 aromatic heterocycles. The minimum atomic E-state index is -0.266. The maximum absolute atomic E-state index is 13.5. The summed E-state index contributed by atoms with van der Waals surface area (Å²) in [4.78, 5) is 17.8. The zero-order valence-electron chi connectivity index (χ0n) is 18.4. The molecular weight excluding hydrogens is 377 g/mol. The van der Waals surface area contributed by atoms with Crippen LogP contribution in [0.1, 0.15) is 47.4 Å². The molecule has 4 rings (SSSR count). The lowest BCUT2D eigenvalue weighted by Gasteiger charge is -2.18. The van der Waals surface area contributed by atoms with Gasteiger partial charge in [0.1, 0.15) is 17.2 Å². The normalized spacial score (nSPS) is 12.6. The van der Waals surface area contributed by atoms with E-state index in [1.54, 1.807) is 12.1 Å². The number of nitrogens with one attached hydrogen (secondary N) is 1. The number of H-pyrrole nitrogens is 1. The number of imidazole rings is 2. The highest BCUT2D eigenvalue weighted by molar-refractivity contribution is 5.81. The van der Waals surface area contributed by atoms with Crippen molar-refractivity contribution < 1.29 is 4.39 Å². The summed E-state index contributed by atoms with van der Waals surface area (Å²) in [6.07, 6.45) is 1.85. The van der Waals surface area contributed by atoms with Crippen molar-refractivity contribution in [2.24, 2.45) is 5.41 Å². The van der Waals surface area contributed by atoms with Crippen molar-refractivity contribution in [3.05, 3.63) is 54.4 Å². The molecule has 1 N–H and O–H groups in total. The van der Waals surface area contributed by atoms with Crippen molar-refractivity contribution in [1.82, 2.24) is 24.5 Å². The zero-order chi connectivity index (χ0) is 21.7. The highest BCUT2D eigenvalue weighted by atomic mass is 19.1. The van der Waals surface area contributed by atoms with Crippen molar-refractivity contribution >= 4 is 11.2 Å². The van der Waals surface area contributed by atoms with Crippen LogP contribution in [0.3, 0.4) is 0 Å². The minimum Gasteiger partial charge on any atom is -0.340 e. The molecule has 0 spiro atoms. The highest BCUT2D eigenvalue weighted by Crippen LogP contribution is 2.33. The van der Waals surface area contributed by atoms with Crippen LogP contribution in [-0.2, 0) is 12.0 Å². The van der Waals surface area contributed by atoms with E-state index in [1.165, 1.54) is 12.1 Å². The third kappa shape index (κ3) is 3.99. The number of fused-ring (bicyclic) bond motifs is 1. The van der Waals surface area contributed by atoms with Gasteiger partial charge in [0, 0.05) is 17.5 Å². The number of halogens is 1. The van der Waals surface area contributed by atoms with E-state index in [1.807, 2.05) is 18.5 Å². The van der Waals surface area contributed by atoms with E-state index >= 15 is 0 Å². The number of benzene rings is 1. The van der Waals surface area contributed by atoms with Crippen LogP contribution in [0.2, 0.25) is 0 Å². The number of nitrogens with zero attached hydrogens (tertiary/aromatic N) is 4. The minimum absolute atomic E-state index is 0.109. The fraction of sp³-hybridized carbons (Fsp3) is 0.375. The monoisotopic (exact) mass is 405 g/mol. The summed E-state index contributed by atoms with van der Waals surface area (Å²) in [6, 6.07) is 10.4. The van der Waals surface area contributed by atoms with Gasteiger partial charge < -0.3 is 9.55 Å². The summed E-state index contributed by atoms with van der Waals surface area (Å²) in [7, 11) is 0. The smallest absolute Gasteiger partial charge is 0.160 e. The lowest BCUT2D eigenvalue weighted by molar-refractivity contribution is 0.347. The molecule has 0 aliphatic rings. The van der Waals surface area contributed by atoms with Crippen molar-refractivity contribution in [2.45, 2.75) is 53.5 Å². The van der Waals surface area contributed by atoms with E-state index in [9.17, 15) is 4.39 Å². The zero-order valence-corrected chi connectivity index (χ0v) is 18.4. The van der Waals surface area contributed by atoms with Gasteiger partial charge in [0.05, 0.1) is 23.4 Å². The molecule has 0 saturated carbocycles. The summed E-state index contributed by atoms with van der Waals surface area (Å²) < 4.78 is 15.6. The SMILES string of the molecule is CC(C)(C)Cn1cnc2ccc(-c3[nH]c(C(C)(C)C)nc3-c3ccc(F)cc3)nc21. The van der Waals surface area contributed by atoms with Gasteiger partial charge in [0.2, 0.25) is 0 Å². The lowest BCUT2D eigenvalue weighted by Crippen LogP contribution is -2.15. The van der Waals surface area contributed by atoms with Gasteiger partial charge in [-0.25, -0.2) is 19.3 Å². The first-order valence-electron chi connectivity index (χ1n) is 10.2. The molecule has 0 fully saturated rings. The van der Waals surface area contributed by atoms with E-state index in [4.69, 9.17) is 9.97 Å². The van der Waals surface area contributed by atoms with Crippen LogP contribution >= 0.6 is 0 Å². The number of aromatic nitrogens is 5. The summed E-state index contributed by atoms with van der Waals surface area (Å²) in [5, 5.41) is 0. The molecule has 0 radical (unpaired) electrons. The molecular formula is C24H28FN5. The van der Waals surface area contributed by atoms with Crippen molar-refractivity contribution in [2.75, 3.05) is 0 Å². The molecule has 0 bridgehead atoms. The Kier molecular flexibility index (Phi) is 4.76. The average molecular weight is 406 g/mol. The molecule has 0 aliphatic heterocycles. The summed E-state index contributed by atoms with van der Waals surface area (Å²) in [5.41, 5.74) is 4.90. The van der Waals surface area contributed by atoms with E-state index < -0.39 is 0 Å².